The van der Waals surface area contributed by atoms with E-state index in [1.807, 2.05) is 6.07 Å². The third-order valence-electron chi connectivity index (χ3n) is 3.14. The van der Waals surface area contributed by atoms with Crippen molar-refractivity contribution in [3.63, 3.8) is 0 Å². The second-order valence-corrected chi connectivity index (χ2v) is 4.74. The number of carbonyl (C=O) groups excluding carboxylic acids is 1. The number of pyridine rings is 1. The Labute approximate surface area is 125 Å². The summed E-state index contributed by atoms with van der Waals surface area (Å²) in [7, 11) is 0. The van der Waals surface area contributed by atoms with Gasteiger partial charge in [-0.1, -0.05) is 11.2 Å². The summed E-state index contributed by atoms with van der Waals surface area (Å²) < 4.78 is 18.5. The van der Waals surface area contributed by atoms with Crippen LogP contribution in [0.4, 0.5) is 10.3 Å². The van der Waals surface area contributed by atoms with E-state index in [1.54, 1.807) is 43.6 Å². The first-order chi connectivity index (χ1) is 10.6. The fourth-order valence-electron chi connectivity index (χ4n) is 1.90. The zero-order valence-electron chi connectivity index (χ0n) is 11.7. The molecule has 0 atom stereocenters. The van der Waals surface area contributed by atoms with E-state index < -0.39 is 11.7 Å². The molecule has 5 nitrogen and oxygen atoms in total. The van der Waals surface area contributed by atoms with Crippen LogP contribution in [0.5, 0.6) is 0 Å². The van der Waals surface area contributed by atoms with Gasteiger partial charge in [0.1, 0.15) is 11.5 Å². The predicted molar refractivity (Wildman–Crippen MR) is 78.8 cm³/mol. The molecule has 1 N–H and O–H groups in total. The monoisotopic (exact) mass is 297 g/mol. The summed E-state index contributed by atoms with van der Waals surface area (Å²) in [5.74, 6) is -0.709. The average Bonchev–Trinajstić information content (AvgIpc) is 2.99. The Bertz CT molecular complexity index is 815. The molecule has 2 heterocycles. The average molecular weight is 297 g/mol. The number of nitrogens with one attached hydrogen (secondary N) is 1. The summed E-state index contributed by atoms with van der Waals surface area (Å²) in [6, 6.07) is 9.46. The maximum absolute atomic E-state index is 13.5. The lowest BCUT2D eigenvalue weighted by molar-refractivity contribution is 0.102. The van der Waals surface area contributed by atoms with Crippen molar-refractivity contribution >= 4 is 11.8 Å². The van der Waals surface area contributed by atoms with Crippen LogP contribution in [0.25, 0.3) is 11.3 Å². The van der Waals surface area contributed by atoms with E-state index in [2.05, 4.69) is 15.5 Å². The normalized spacial score (nSPS) is 10.5. The molecule has 0 aliphatic heterocycles. The zero-order valence-corrected chi connectivity index (χ0v) is 11.7. The number of rotatable bonds is 3. The summed E-state index contributed by atoms with van der Waals surface area (Å²) in [5, 5.41) is 6.40. The van der Waals surface area contributed by atoms with Crippen LogP contribution in [0, 0.1) is 12.7 Å². The van der Waals surface area contributed by atoms with Gasteiger partial charge in [-0.3, -0.25) is 15.1 Å². The standard InChI is InChI=1S/C16H12FN3O2/c1-10-4-5-11(7-13(10)17)16(21)19-15-8-14(20-22-15)12-3-2-6-18-9-12/h2-9H,1H3,(H,19,21). The molecule has 6 heteroatoms. The minimum Gasteiger partial charge on any atom is -0.338 e. The van der Waals surface area contributed by atoms with E-state index in [4.69, 9.17) is 4.52 Å². The van der Waals surface area contributed by atoms with Gasteiger partial charge in [-0.2, -0.15) is 0 Å². The van der Waals surface area contributed by atoms with Crippen molar-refractivity contribution in [3.8, 4) is 11.3 Å². The van der Waals surface area contributed by atoms with Gasteiger partial charge >= 0.3 is 0 Å². The van der Waals surface area contributed by atoms with Gasteiger partial charge in [-0.25, -0.2) is 4.39 Å². The van der Waals surface area contributed by atoms with Crippen LogP contribution in [0.15, 0.2) is 53.3 Å². The lowest BCUT2D eigenvalue weighted by Crippen LogP contribution is -2.11. The highest BCUT2D eigenvalue weighted by atomic mass is 19.1. The number of halogens is 1. The smallest absolute Gasteiger partial charge is 0.258 e. The third-order valence-corrected chi connectivity index (χ3v) is 3.14. The highest BCUT2D eigenvalue weighted by Crippen LogP contribution is 2.21. The van der Waals surface area contributed by atoms with Crippen molar-refractivity contribution in [2.24, 2.45) is 0 Å². The second-order valence-electron chi connectivity index (χ2n) is 4.74. The van der Waals surface area contributed by atoms with Crippen LogP contribution >= 0.6 is 0 Å². The molecule has 0 radical (unpaired) electrons. The summed E-state index contributed by atoms with van der Waals surface area (Å²) in [5.41, 5.74) is 2.02. The summed E-state index contributed by atoms with van der Waals surface area (Å²) in [4.78, 5) is 16.0. The number of carbonyl (C=O) groups is 1. The van der Waals surface area contributed by atoms with Gasteiger partial charge < -0.3 is 4.52 Å². The van der Waals surface area contributed by atoms with E-state index in [9.17, 15) is 9.18 Å². The van der Waals surface area contributed by atoms with Crippen LogP contribution in [0.3, 0.4) is 0 Å². The number of nitrogens with zero attached hydrogens (tertiary/aromatic N) is 2. The Hall–Kier alpha value is -3.02. The van der Waals surface area contributed by atoms with Crippen molar-refractivity contribution in [3.05, 3.63) is 65.7 Å². The van der Waals surface area contributed by atoms with Crippen molar-refractivity contribution in [2.45, 2.75) is 6.92 Å². The molecule has 1 aromatic carbocycles. The molecule has 3 rings (SSSR count). The highest BCUT2D eigenvalue weighted by Gasteiger charge is 2.12. The molecule has 0 aliphatic carbocycles. The summed E-state index contributed by atoms with van der Waals surface area (Å²) in [6.45, 7) is 1.63. The molecule has 1 amide bonds. The maximum Gasteiger partial charge on any atom is 0.258 e. The van der Waals surface area contributed by atoms with Gasteiger partial charge in [-0.15, -0.1) is 0 Å². The number of hydrogen-bond acceptors (Lipinski definition) is 4. The van der Waals surface area contributed by atoms with Crippen molar-refractivity contribution in [1.82, 2.24) is 10.1 Å². The SMILES string of the molecule is Cc1ccc(C(=O)Nc2cc(-c3cccnc3)no2)cc1F. The quantitative estimate of drug-likeness (QED) is 0.804. The molecule has 0 bridgehead atoms. The fourth-order valence-corrected chi connectivity index (χ4v) is 1.90. The number of amides is 1. The third kappa shape index (κ3) is 2.85. The topological polar surface area (TPSA) is 68.0 Å². The molecule has 0 saturated carbocycles. The van der Waals surface area contributed by atoms with E-state index >= 15 is 0 Å². The van der Waals surface area contributed by atoms with Crippen LogP contribution in [-0.2, 0) is 0 Å². The van der Waals surface area contributed by atoms with Gasteiger partial charge in [-0.05, 0) is 36.8 Å². The van der Waals surface area contributed by atoms with Gasteiger partial charge in [0.2, 0.25) is 5.88 Å². The van der Waals surface area contributed by atoms with Crippen LogP contribution in [-0.4, -0.2) is 16.0 Å². The Morgan fingerprint density at radius 3 is 2.86 bits per heavy atom. The number of aromatic nitrogens is 2. The van der Waals surface area contributed by atoms with Crippen molar-refractivity contribution < 1.29 is 13.7 Å². The Kier molecular flexibility index (Phi) is 3.65. The van der Waals surface area contributed by atoms with E-state index in [1.165, 1.54) is 6.07 Å². The van der Waals surface area contributed by atoms with Crippen molar-refractivity contribution in [2.75, 3.05) is 5.32 Å². The lowest BCUT2D eigenvalue weighted by atomic mass is 10.1. The number of hydrogen-bond donors (Lipinski definition) is 1. The first-order valence-electron chi connectivity index (χ1n) is 6.58. The van der Waals surface area contributed by atoms with Crippen molar-refractivity contribution in [1.29, 1.82) is 0 Å². The molecule has 0 saturated heterocycles. The zero-order chi connectivity index (χ0) is 15.5. The molecule has 22 heavy (non-hydrogen) atoms. The molecule has 3 aromatic rings. The number of anilines is 1. The Morgan fingerprint density at radius 1 is 1.27 bits per heavy atom. The molecule has 2 aromatic heterocycles. The molecular weight excluding hydrogens is 285 g/mol. The summed E-state index contributed by atoms with van der Waals surface area (Å²) >= 11 is 0. The molecule has 0 spiro atoms. The van der Waals surface area contributed by atoms with Gasteiger partial charge in [0.25, 0.3) is 5.91 Å². The first kappa shape index (κ1) is 13.9. The molecule has 0 aliphatic rings. The molecular formula is C16H12FN3O2. The van der Waals surface area contributed by atoms with Crippen LogP contribution in [0.2, 0.25) is 0 Å². The minimum absolute atomic E-state index is 0.185. The van der Waals surface area contributed by atoms with E-state index in [0.717, 1.165) is 5.56 Å². The van der Waals surface area contributed by atoms with Crippen LogP contribution < -0.4 is 5.32 Å². The molecule has 110 valence electrons. The number of aryl methyl sites for hydroxylation is 1. The maximum atomic E-state index is 13.5. The second kappa shape index (κ2) is 5.77. The lowest BCUT2D eigenvalue weighted by Gasteiger charge is -2.02. The summed E-state index contributed by atoms with van der Waals surface area (Å²) in [6.07, 6.45) is 3.29. The largest absolute Gasteiger partial charge is 0.338 e. The van der Waals surface area contributed by atoms with Crippen LogP contribution in [0.1, 0.15) is 15.9 Å². The molecule has 0 unspecified atom stereocenters. The van der Waals surface area contributed by atoms with E-state index in [0.29, 0.717) is 11.3 Å². The number of benzene rings is 1. The van der Waals surface area contributed by atoms with Gasteiger partial charge in [0.15, 0.2) is 0 Å². The Morgan fingerprint density at radius 2 is 2.14 bits per heavy atom. The Balaban J connectivity index is 1.77. The molecule has 0 fully saturated rings. The van der Waals surface area contributed by atoms with E-state index in [-0.39, 0.29) is 11.4 Å². The fraction of sp³-hybridized carbons (Fsp3) is 0.0625. The highest BCUT2D eigenvalue weighted by molar-refractivity contribution is 6.03. The minimum atomic E-state index is -0.465. The first-order valence-corrected chi connectivity index (χ1v) is 6.58. The predicted octanol–water partition coefficient (Wildman–Crippen LogP) is 3.44. The van der Waals surface area contributed by atoms with Gasteiger partial charge in [0.05, 0.1) is 0 Å². The van der Waals surface area contributed by atoms with Gasteiger partial charge in [0, 0.05) is 29.6 Å².